The van der Waals surface area contributed by atoms with Gasteiger partial charge in [-0.3, -0.25) is 4.79 Å². The molecule has 3 aromatic heterocycles. The van der Waals surface area contributed by atoms with E-state index in [4.69, 9.17) is 17.2 Å². The summed E-state index contributed by atoms with van der Waals surface area (Å²) in [6.07, 6.45) is 2.11. The summed E-state index contributed by atoms with van der Waals surface area (Å²) < 4.78 is 39.7. The third-order valence-electron chi connectivity index (χ3n) is 6.88. The highest BCUT2D eigenvalue weighted by molar-refractivity contribution is 5.95. The van der Waals surface area contributed by atoms with Crippen molar-refractivity contribution in [3.8, 4) is 11.3 Å². The third kappa shape index (κ3) is 5.93. The number of rotatable bonds is 8. The summed E-state index contributed by atoms with van der Waals surface area (Å²) in [5.41, 5.74) is 18.0. The number of amides is 1. The molecule has 37 heavy (non-hydrogen) atoms. The first kappa shape index (κ1) is 26.6. The number of nitrogens with one attached hydrogen (secondary N) is 2. The molecule has 4 rings (SSSR count). The standard InChI is InChI=1S/C24H32F3N9O/c1-13(14-4-7-36(8-5-14)22(37)18(29)3-2-6-28)34-23-33-12-19(30)20(35-23)17-11-32-21-16(17)9-15(10-31-21)24(25,26)27/h9-14,18H,2-8,28-30H2,1H3,(H,31,32)(H,33,34,35)/t13-,18-/m1/s1. The number of piperidine rings is 1. The molecule has 1 fully saturated rings. The molecule has 2 atom stereocenters. The van der Waals surface area contributed by atoms with E-state index in [1.54, 1.807) is 0 Å². The Bertz CT molecular complexity index is 1240. The van der Waals surface area contributed by atoms with Crippen LogP contribution in [-0.4, -0.2) is 62.5 Å². The number of nitrogens with two attached hydrogens (primary N) is 3. The number of nitrogens with zero attached hydrogens (tertiary/aromatic N) is 4. The van der Waals surface area contributed by atoms with Crippen LogP contribution in [0, 0.1) is 5.92 Å². The molecule has 0 spiro atoms. The van der Waals surface area contributed by atoms with Crippen molar-refractivity contribution in [3.05, 3.63) is 30.2 Å². The number of hydrogen-bond donors (Lipinski definition) is 5. The number of anilines is 2. The predicted molar refractivity (Wildman–Crippen MR) is 135 cm³/mol. The van der Waals surface area contributed by atoms with Crippen LogP contribution in [0.15, 0.2) is 24.7 Å². The molecule has 0 aliphatic carbocycles. The molecule has 4 heterocycles. The van der Waals surface area contributed by atoms with Gasteiger partial charge in [0, 0.05) is 42.5 Å². The van der Waals surface area contributed by atoms with Crippen LogP contribution < -0.4 is 22.5 Å². The Labute approximate surface area is 212 Å². The van der Waals surface area contributed by atoms with E-state index in [1.807, 2.05) is 11.8 Å². The van der Waals surface area contributed by atoms with Gasteiger partial charge < -0.3 is 32.4 Å². The monoisotopic (exact) mass is 519 g/mol. The lowest BCUT2D eigenvalue weighted by Crippen LogP contribution is -2.48. The minimum absolute atomic E-state index is 0.0129. The van der Waals surface area contributed by atoms with Gasteiger partial charge in [0.1, 0.15) is 11.3 Å². The number of carbonyl (C=O) groups is 1. The number of hydrogen-bond acceptors (Lipinski definition) is 8. The van der Waals surface area contributed by atoms with E-state index in [0.29, 0.717) is 55.3 Å². The average molecular weight is 520 g/mol. The van der Waals surface area contributed by atoms with Crippen molar-refractivity contribution >= 4 is 28.6 Å². The fraction of sp³-hybridized carbons (Fsp3) is 0.500. The van der Waals surface area contributed by atoms with Crippen molar-refractivity contribution in [2.45, 2.75) is 50.9 Å². The fourth-order valence-corrected chi connectivity index (χ4v) is 4.67. The van der Waals surface area contributed by atoms with Crippen LogP contribution >= 0.6 is 0 Å². The van der Waals surface area contributed by atoms with Gasteiger partial charge in [-0.25, -0.2) is 15.0 Å². The number of nitrogen functional groups attached to an aromatic ring is 1. The SMILES string of the molecule is C[C@@H](Nc1ncc(N)c(-c2c[nH]c3ncc(C(F)(F)F)cc23)n1)C1CCN(C(=O)[C@H](N)CCCN)CC1. The number of pyridine rings is 1. The van der Waals surface area contributed by atoms with Gasteiger partial charge in [0.05, 0.1) is 23.5 Å². The summed E-state index contributed by atoms with van der Waals surface area (Å²) in [4.78, 5) is 29.9. The normalized spacial score (nSPS) is 16.6. The van der Waals surface area contributed by atoms with Gasteiger partial charge in [-0.05, 0) is 51.1 Å². The molecule has 13 heteroatoms. The average Bonchev–Trinajstić information content (AvgIpc) is 3.30. The van der Waals surface area contributed by atoms with Gasteiger partial charge in [-0.15, -0.1) is 0 Å². The lowest BCUT2D eigenvalue weighted by Gasteiger charge is -2.36. The maximum Gasteiger partial charge on any atom is 0.417 e. The second-order valence-corrected chi connectivity index (χ2v) is 9.45. The van der Waals surface area contributed by atoms with E-state index in [-0.39, 0.29) is 28.9 Å². The van der Waals surface area contributed by atoms with E-state index < -0.39 is 17.8 Å². The van der Waals surface area contributed by atoms with Crippen LogP contribution in [0.3, 0.4) is 0 Å². The zero-order valence-electron chi connectivity index (χ0n) is 20.6. The molecule has 0 saturated carbocycles. The molecule has 0 radical (unpaired) electrons. The Hall–Kier alpha value is -3.45. The lowest BCUT2D eigenvalue weighted by molar-refractivity contribution is -0.137. The van der Waals surface area contributed by atoms with Crippen LogP contribution in [0.2, 0.25) is 0 Å². The molecule has 0 aromatic carbocycles. The molecule has 200 valence electrons. The van der Waals surface area contributed by atoms with E-state index >= 15 is 0 Å². The van der Waals surface area contributed by atoms with E-state index in [2.05, 4.69) is 25.3 Å². The molecule has 3 aromatic rings. The summed E-state index contributed by atoms with van der Waals surface area (Å²) in [6.45, 7) is 3.75. The smallest absolute Gasteiger partial charge is 0.396 e. The maximum absolute atomic E-state index is 13.2. The summed E-state index contributed by atoms with van der Waals surface area (Å²) in [5.74, 6) is 0.537. The molecule has 8 N–H and O–H groups in total. The van der Waals surface area contributed by atoms with Crippen molar-refractivity contribution in [2.24, 2.45) is 17.4 Å². The van der Waals surface area contributed by atoms with Gasteiger partial charge in [-0.2, -0.15) is 13.2 Å². The van der Waals surface area contributed by atoms with Crippen LogP contribution in [-0.2, 0) is 11.0 Å². The van der Waals surface area contributed by atoms with Gasteiger partial charge in [0.25, 0.3) is 0 Å². The number of aromatic amines is 1. The zero-order valence-corrected chi connectivity index (χ0v) is 20.6. The Morgan fingerprint density at radius 1 is 1.27 bits per heavy atom. The van der Waals surface area contributed by atoms with Gasteiger partial charge in [0.2, 0.25) is 11.9 Å². The summed E-state index contributed by atoms with van der Waals surface area (Å²) in [6, 6.07) is 0.493. The number of alkyl halides is 3. The van der Waals surface area contributed by atoms with Gasteiger partial charge in [0.15, 0.2) is 0 Å². The first-order valence-electron chi connectivity index (χ1n) is 12.3. The Morgan fingerprint density at radius 3 is 2.68 bits per heavy atom. The van der Waals surface area contributed by atoms with E-state index in [0.717, 1.165) is 25.1 Å². The second-order valence-electron chi connectivity index (χ2n) is 9.45. The number of fused-ring (bicyclic) bond motifs is 1. The highest BCUT2D eigenvalue weighted by atomic mass is 19.4. The first-order valence-corrected chi connectivity index (χ1v) is 12.3. The molecule has 1 amide bonds. The van der Waals surface area contributed by atoms with E-state index in [1.165, 1.54) is 12.4 Å². The first-order chi connectivity index (χ1) is 17.6. The third-order valence-corrected chi connectivity index (χ3v) is 6.88. The highest BCUT2D eigenvalue weighted by Crippen LogP contribution is 2.35. The zero-order chi connectivity index (χ0) is 26.7. The van der Waals surface area contributed by atoms with Crippen LogP contribution in [0.4, 0.5) is 24.8 Å². The number of H-pyrrole nitrogens is 1. The fourth-order valence-electron chi connectivity index (χ4n) is 4.67. The van der Waals surface area contributed by atoms with Crippen molar-refractivity contribution in [1.82, 2.24) is 24.8 Å². The second kappa shape index (κ2) is 10.9. The Balaban J connectivity index is 1.45. The minimum Gasteiger partial charge on any atom is -0.396 e. The van der Waals surface area contributed by atoms with Crippen LogP contribution in [0.25, 0.3) is 22.3 Å². The van der Waals surface area contributed by atoms with Crippen molar-refractivity contribution in [2.75, 3.05) is 30.7 Å². The molecule has 1 saturated heterocycles. The lowest BCUT2D eigenvalue weighted by atomic mass is 9.90. The molecular weight excluding hydrogens is 487 g/mol. The summed E-state index contributed by atoms with van der Waals surface area (Å²) in [7, 11) is 0. The number of carbonyl (C=O) groups excluding carboxylic acids is 1. The summed E-state index contributed by atoms with van der Waals surface area (Å²) in [5, 5.41) is 3.56. The minimum atomic E-state index is -4.52. The Kier molecular flexibility index (Phi) is 7.83. The van der Waals surface area contributed by atoms with Gasteiger partial charge >= 0.3 is 6.18 Å². The molecular formula is C24H32F3N9O. The molecule has 1 aliphatic rings. The van der Waals surface area contributed by atoms with Crippen molar-refractivity contribution < 1.29 is 18.0 Å². The van der Waals surface area contributed by atoms with Crippen molar-refractivity contribution in [3.63, 3.8) is 0 Å². The number of likely N-dealkylation sites (tertiary alicyclic amines) is 1. The largest absolute Gasteiger partial charge is 0.417 e. The summed E-state index contributed by atoms with van der Waals surface area (Å²) >= 11 is 0. The van der Waals surface area contributed by atoms with Crippen LogP contribution in [0.5, 0.6) is 0 Å². The highest BCUT2D eigenvalue weighted by Gasteiger charge is 2.32. The molecule has 1 aliphatic heterocycles. The number of aromatic nitrogens is 4. The number of halogens is 3. The molecule has 0 unspecified atom stereocenters. The maximum atomic E-state index is 13.2. The van der Waals surface area contributed by atoms with Gasteiger partial charge in [-0.1, -0.05) is 0 Å². The molecule has 0 bridgehead atoms. The van der Waals surface area contributed by atoms with Crippen LogP contribution in [0.1, 0.15) is 38.2 Å². The van der Waals surface area contributed by atoms with E-state index in [9.17, 15) is 18.0 Å². The van der Waals surface area contributed by atoms with Crippen molar-refractivity contribution in [1.29, 1.82) is 0 Å². The Morgan fingerprint density at radius 2 is 2.00 bits per heavy atom. The predicted octanol–water partition coefficient (Wildman–Crippen LogP) is 2.73. The topological polar surface area (TPSA) is 165 Å². The molecule has 10 nitrogen and oxygen atoms in total. The quantitative estimate of drug-likeness (QED) is 0.303.